The number of aliphatic carboxylic acids is 1. The summed E-state index contributed by atoms with van der Waals surface area (Å²) in [6.07, 6.45) is 1.74. The Bertz CT molecular complexity index is 423. The van der Waals surface area contributed by atoms with Gasteiger partial charge in [0.05, 0.1) is 0 Å². The molecular weight excluding hydrogens is 240 g/mol. The van der Waals surface area contributed by atoms with E-state index in [9.17, 15) is 18.7 Å². The molecule has 1 N–H and O–H groups in total. The van der Waals surface area contributed by atoms with Gasteiger partial charge in [0.15, 0.2) is 0 Å². The molecule has 1 rings (SSSR count). The lowest BCUT2D eigenvalue weighted by Crippen LogP contribution is -2.32. The summed E-state index contributed by atoms with van der Waals surface area (Å²) >= 11 is 0. The molecule has 5 heteroatoms. The zero-order chi connectivity index (χ0) is 13.7. The van der Waals surface area contributed by atoms with E-state index in [0.29, 0.717) is 12.6 Å². The average Bonchev–Trinajstić information content (AvgIpc) is 2.29. The van der Waals surface area contributed by atoms with Crippen LogP contribution in [0.5, 0.6) is 0 Å². The molecule has 3 nitrogen and oxygen atoms in total. The van der Waals surface area contributed by atoms with Crippen molar-refractivity contribution in [3.63, 3.8) is 0 Å². The zero-order valence-electron chi connectivity index (χ0n) is 10.5. The third-order valence-electron chi connectivity index (χ3n) is 2.80. The monoisotopic (exact) mass is 257 g/mol. The lowest BCUT2D eigenvalue weighted by atomic mass is 10.0. The highest BCUT2D eigenvalue weighted by Gasteiger charge is 2.27. The number of carboxylic acid groups (broad SMARTS) is 1. The van der Waals surface area contributed by atoms with Gasteiger partial charge < -0.3 is 5.11 Å². The molecule has 0 spiro atoms. The predicted octanol–water partition coefficient (Wildman–Crippen LogP) is 2.82. The van der Waals surface area contributed by atoms with Crippen LogP contribution in [0.15, 0.2) is 18.2 Å². The molecule has 1 aromatic carbocycles. The Kier molecular flexibility index (Phi) is 5.22. The van der Waals surface area contributed by atoms with E-state index >= 15 is 0 Å². The first-order valence-corrected chi connectivity index (χ1v) is 5.85. The van der Waals surface area contributed by atoms with Crippen molar-refractivity contribution in [1.82, 2.24) is 4.90 Å². The summed E-state index contributed by atoms with van der Waals surface area (Å²) < 4.78 is 26.4. The van der Waals surface area contributed by atoms with Crippen LogP contribution in [-0.2, 0) is 4.79 Å². The zero-order valence-corrected chi connectivity index (χ0v) is 10.5. The van der Waals surface area contributed by atoms with Crippen molar-refractivity contribution in [3.05, 3.63) is 35.4 Å². The first kappa shape index (κ1) is 14.6. The molecule has 100 valence electrons. The number of rotatable bonds is 6. The number of likely N-dealkylation sites (N-methyl/N-ethyl adjacent to an activating group) is 1. The van der Waals surface area contributed by atoms with Crippen LogP contribution in [0.4, 0.5) is 8.78 Å². The second-order valence-corrected chi connectivity index (χ2v) is 4.24. The molecule has 18 heavy (non-hydrogen) atoms. The first-order chi connectivity index (χ1) is 8.47. The minimum Gasteiger partial charge on any atom is -0.480 e. The predicted molar refractivity (Wildman–Crippen MR) is 64.3 cm³/mol. The fourth-order valence-corrected chi connectivity index (χ4v) is 1.82. The van der Waals surface area contributed by atoms with Crippen molar-refractivity contribution in [3.8, 4) is 0 Å². The van der Waals surface area contributed by atoms with E-state index in [1.165, 1.54) is 6.07 Å². The highest BCUT2D eigenvalue weighted by molar-refractivity contribution is 5.75. The van der Waals surface area contributed by atoms with Crippen LogP contribution < -0.4 is 0 Å². The molecule has 0 heterocycles. The van der Waals surface area contributed by atoms with Crippen molar-refractivity contribution >= 4 is 5.97 Å². The van der Waals surface area contributed by atoms with Gasteiger partial charge >= 0.3 is 5.97 Å². The van der Waals surface area contributed by atoms with Crippen LogP contribution in [0, 0.1) is 11.6 Å². The number of carboxylic acids is 1. The van der Waals surface area contributed by atoms with Gasteiger partial charge in [-0.05, 0) is 26.1 Å². The largest absolute Gasteiger partial charge is 0.480 e. The van der Waals surface area contributed by atoms with Crippen molar-refractivity contribution in [2.24, 2.45) is 0 Å². The third-order valence-corrected chi connectivity index (χ3v) is 2.80. The van der Waals surface area contributed by atoms with E-state index in [1.54, 1.807) is 11.9 Å². The Labute approximate surface area is 105 Å². The van der Waals surface area contributed by atoms with Gasteiger partial charge in [-0.3, -0.25) is 9.69 Å². The molecule has 1 aromatic rings. The fourth-order valence-electron chi connectivity index (χ4n) is 1.82. The van der Waals surface area contributed by atoms with Crippen LogP contribution >= 0.6 is 0 Å². The van der Waals surface area contributed by atoms with Crippen LogP contribution in [0.25, 0.3) is 0 Å². The number of unbranched alkanes of at least 4 members (excludes halogenated alkanes) is 1. The quantitative estimate of drug-likeness (QED) is 0.852. The molecule has 0 aromatic heterocycles. The average molecular weight is 257 g/mol. The fraction of sp³-hybridized carbons (Fsp3) is 0.462. The second kappa shape index (κ2) is 6.44. The van der Waals surface area contributed by atoms with Gasteiger partial charge in [-0.25, -0.2) is 8.78 Å². The smallest absolute Gasteiger partial charge is 0.325 e. The first-order valence-electron chi connectivity index (χ1n) is 5.85. The number of benzene rings is 1. The standard InChI is InChI=1S/C13H17F2NO2/c1-3-4-7-16(2)12(13(17)18)10-6-5-9(14)8-11(10)15/h5-6,8,12H,3-4,7H2,1-2H3,(H,17,18). The molecule has 1 unspecified atom stereocenters. The van der Waals surface area contributed by atoms with E-state index in [0.717, 1.165) is 18.9 Å². The van der Waals surface area contributed by atoms with E-state index in [4.69, 9.17) is 0 Å². The highest BCUT2D eigenvalue weighted by Crippen LogP contribution is 2.23. The van der Waals surface area contributed by atoms with Gasteiger partial charge in [-0.2, -0.15) is 0 Å². The van der Waals surface area contributed by atoms with Crippen molar-refractivity contribution in [2.45, 2.75) is 25.8 Å². The number of halogens is 2. The summed E-state index contributed by atoms with van der Waals surface area (Å²) in [5.41, 5.74) is -0.0116. The molecule has 0 bridgehead atoms. The van der Waals surface area contributed by atoms with Crippen molar-refractivity contribution in [2.75, 3.05) is 13.6 Å². The summed E-state index contributed by atoms with van der Waals surface area (Å²) in [7, 11) is 1.62. The maximum atomic E-state index is 13.6. The van der Waals surface area contributed by atoms with Crippen molar-refractivity contribution < 1.29 is 18.7 Å². The Morgan fingerprint density at radius 3 is 2.61 bits per heavy atom. The normalized spacial score (nSPS) is 12.7. The SMILES string of the molecule is CCCCN(C)C(C(=O)O)c1ccc(F)cc1F. The minimum absolute atomic E-state index is 0.0116. The molecule has 0 saturated carbocycles. The van der Waals surface area contributed by atoms with Gasteiger partial charge in [-0.15, -0.1) is 0 Å². The summed E-state index contributed by atoms with van der Waals surface area (Å²) in [5.74, 6) is -2.68. The molecular formula is C13H17F2NO2. The third kappa shape index (κ3) is 3.50. The van der Waals surface area contributed by atoms with Gasteiger partial charge in [0, 0.05) is 11.6 Å². The molecule has 0 radical (unpaired) electrons. The maximum absolute atomic E-state index is 13.6. The molecule has 0 aliphatic heterocycles. The summed E-state index contributed by atoms with van der Waals surface area (Å²) in [4.78, 5) is 12.8. The molecule has 0 aliphatic rings. The molecule has 1 atom stereocenters. The molecule has 0 aliphatic carbocycles. The van der Waals surface area contributed by atoms with Crippen molar-refractivity contribution in [1.29, 1.82) is 0 Å². The van der Waals surface area contributed by atoms with E-state index < -0.39 is 23.6 Å². The molecule has 0 saturated heterocycles. The van der Waals surface area contributed by atoms with E-state index in [2.05, 4.69) is 0 Å². The van der Waals surface area contributed by atoms with Crippen LogP contribution in [-0.4, -0.2) is 29.6 Å². The van der Waals surface area contributed by atoms with Crippen LogP contribution in [0.2, 0.25) is 0 Å². The Morgan fingerprint density at radius 1 is 1.44 bits per heavy atom. The van der Waals surface area contributed by atoms with Gasteiger partial charge in [0.25, 0.3) is 0 Å². The number of nitrogens with zero attached hydrogens (tertiary/aromatic N) is 1. The lowest BCUT2D eigenvalue weighted by Gasteiger charge is -2.25. The maximum Gasteiger partial charge on any atom is 0.325 e. The van der Waals surface area contributed by atoms with Gasteiger partial charge in [-0.1, -0.05) is 19.4 Å². The topological polar surface area (TPSA) is 40.5 Å². The van der Waals surface area contributed by atoms with Crippen LogP contribution in [0.3, 0.4) is 0 Å². The Balaban J connectivity index is 3.00. The number of carbonyl (C=O) groups is 1. The highest BCUT2D eigenvalue weighted by atomic mass is 19.1. The second-order valence-electron chi connectivity index (χ2n) is 4.24. The Hall–Kier alpha value is -1.49. The van der Waals surface area contributed by atoms with Crippen LogP contribution in [0.1, 0.15) is 31.4 Å². The van der Waals surface area contributed by atoms with E-state index in [-0.39, 0.29) is 5.56 Å². The summed E-state index contributed by atoms with van der Waals surface area (Å²) in [5, 5.41) is 9.19. The Morgan fingerprint density at radius 2 is 2.11 bits per heavy atom. The summed E-state index contributed by atoms with van der Waals surface area (Å²) in [6.45, 7) is 2.53. The minimum atomic E-state index is -1.14. The number of hydrogen-bond acceptors (Lipinski definition) is 2. The van der Waals surface area contributed by atoms with Gasteiger partial charge in [0.1, 0.15) is 17.7 Å². The van der Waals surface area contributed by atoms with E-state index in [1.807, 2.05) is 6.92 Å². The van der Waals surface area contributed by atoms with Gasteiger partial charge in [0.2, 0.25) is 0 Å². The number of hydrogen-bond donors (Lipinski definition) is 1. The molecule has 0 fully saturated rings. The molecule has 0 amide bonds. The summed E-state index contributed by atoms with van der Waals surface area (Å²) in [6, 6.07) is 1.88. The lowest BCUT2D eigenvalue weighted by molar-refractivity contribution is -0.143.